The molecule has 0 unspecified atom stereocenters. The molecule has 3 rings (SSSR count). The second kappa shape index (κ2) is 11.6. The molecule has 6 heteroatoms. The Morgan fingerprint density at radius 1 is 1.10 bits per heavy atom. The Morgan fingerprint density at radius 3 is 2.66 bits per heavy atom. The highest BCUT2D eigenvalue weighted by molar-refractivity contribution is 5.79. The van der Waals surface area contributed by atoms with Crippen LogP contribution in [0.2, 0.25) is 0 Å². The number of hydrogen-bond donors (Lipinski definition) is 1. The minimum atomic E-state index is 0.779. The maximum absolute atomic E-state index is 4.48. The monoisotopic (exact) mass is 396 g/mol. The average Bonchev–Trinajstić information content (AvgIpc) is 3.23. The minimum absolute atomic E-state index is 0.779. The van der Waals surface area contributed by atoms with E-state index < -0.39 is 0 Å². The zero-order valence-electron chi connectivity index (χ0n) is 18.1. The van der Waals surface area contributed by atoms with E-state index in [1.165, 1.54) is 63.7 Å². The van der Waals surface area contributed by atoms with E-state index in [1.54, 1.807) is 0 Å². The van der Waals surface area contributed by atoms with Gasteiger partial charge in [-0.1, -0.05) is 31.0 Å². The second-order valence-electron chi connectivity index (χ2n) is 7.92. The third-order valence-corrected chi connectivity index (χ3v) is 5.53. The molecule has 1 aromatic carbocycles. The molecule has 1 fully saturated rings. The van der Waals surface area contributed by atoms with Gasteiger partial charge in [0.1, 0.15) is 0 Å². The third-order valence-electron chi connectivity index (χ3n) is 5.53. The van der Waals surface area contributed by atoms with E-state index in [2.05, 4.69) is 50.6 Å². The van der Waals surface area contributed by atoms with Crippen LogP contribution in [0.15, 0.2) is 47.7 Å². The molecule has 1 aromatic heterocycles. The number of hydrogen-bond acceptors (Lipinski definition) is 3. The van der Waals surface area contributed by atoms with Crippen molar-refractivity contribution in [2.75, 3.05) is 40.3 Å². The Labute approximate surface area is 175 Å². The Morgan fingerprint density at radius 2 is 1.90 bits per heavy atom. The summed E-state index contributed by atoms with van der Waals surface area (Å²) >= 11 is 0. The number of benzene rings is 1. The molecule has 158 valence electrons. The minimum Gasteiger partial charge on any atom is -0.356 e. The number of nitrogens with zero attached hydrogens (tertiary/aromatic N) is 5. The van der Waals surface area contributed by atoms with Crippen molar-refractivity contribution < 1.29 is 0 Å². The first-order valence-corrected chi connectivity index (χ1v) is 11.0. The van der Waals surface area contributed by atoms with E-state index in [4.69, 9.17) is 0 Å². The molecule has 2 heterocycles. The topological polar surface area (TPSA) is 48.7 Å². The van der Waals surface area contributed by atoms with Crippen LogP contribution in [0.1, 0.15) is 44.1 Å². The lowest BCUT2D eigenvalue weighted by atomic mass is 10.1. The quantitative estimate of drug-likeness (QED) is 0.400. The predicted molar refractivity (Wildman–Crippen MR) is 121 cm³/mol. The van der Waals surface area contributed by atoms with Gasteiger partial charge in [-0.15, -0.1) is 0 Å². The van der Waals surface area contributed by atoms with Crippen molar-refractivity contribution >= 4 is 5.96 Å². The van der Waals surface area contributed by atoms with Crippen molar-refractivity contribution in [1.29, 1.82) is 0 Å². The van der Waals surface area contributed by atoms with Crippen LogP contribution in [0.5, 0.6) is 0 Å². The first-order valence-electron chi connectivity index (χ1n) is 11.0. The highest BCUT2D eigenvalue weighted by Gasteiger charge is 2.10. The van der Waals surface area contributed by atoms with Crippen LogP contribution in [0.4, 0.5) is 0 Å². The number of nitrogens with one attached hydrogen (secondary N) is 1. The van der Waals surface area contributed by atoms with Crippen LogP contribution in [-0.2, 0) is 6.54 Å². The predicted octanol–water partition coefficient (Wildman–Crippen LogP) is 3.54. The zero-order valence-corrected chi connectivity index (χ0v) is 18.1. The molecule has 0 spiro atoms. The normalized spacial score (nSPS) is 15.4. The molecule has 2 aromatic rings. The number of unbranched alkanes of at least 4 members (excludes halogenated alkanes) is 2. The van der Waals surface area contributed by atoms with Gasteiger partial charge in [0.25, 0.3) is 0 Å². The molecule has 1 saturated heterocycles. The van der Waals surface area contributed by atoms with Gasteiger partial charge in [-0.2, -0.15) is 5.10 Å². The molecule has 6 nitrogen and oxygen atoms in total. The summed E-state index contributed by atoms with van der Waals surface area (Å²) in [7, 11) is 3.92. The van der Waals surface area contributed by atoms with Crippen molar-refractivity contribution in [2.45, 2.75) is 45.1 Å². The number of para-hydroxylation sites is 1. The standard InChI is InChI=1S/C23H36N6/c1-24-23(25-14-8-4-9-15-28-16-10-5-11-17-28)27(2)19-21-18-26-29(20-21)22-12-6-3-7-13-22/h3,6-7,12-13,18,20H,4-5,8-11,14-17,19H2,1-2H3,(H,24,25). The molecule has 0 saturated carbocycles. The molecular weight excluding hydrogens is 360 g/mol. The summed E-state index contributed by atoms with van der Waals surface area (Å²) in [5, 5.41) is 7.99. The maximum Gasteiger partial charge on any atom is 0.193 e. The van der Waals surface area contributed by atoms with Gasteiger partial charge in [0.15, 0.2) is 5.96 Å². The van der Waals surface area contributed by atoms with Crippen molar-refractivity contribution in [3.05, 3.63) is 48.3 Å². The van der Waals surface area contributed by atoms with Crippen molar-refractivity contribution in [3.63, 3.8) is 0 Å². The fraction of sp³-hybridized carbons (Fsp3) is 0.565. The van der Waals surface area contributed by atoms with E-state index in [9.17, 15) is 0 Å². The fourth-order valence-corrected chi connectivity index (χ4v) is 3.92. The lowest BCUT2D eigenvalue weighted by Gasteiger charge is -2.26. The molecular formula is C23H36N6. The molecule has 1 aliphatic rings. The molecule has 1 aliphatic heterocycles. The number of guanidine groups is 1. The van der Waals surface area contributed by atoms with Gasteiger partial charge in [-0.05, 0) is 57.5 Å². The molecule has 0 bridgehead atoms. The summed E-state index contributed by atoms with van der Waals surface area (Å²) in [5.74, 6) is 0.938. The number of rotatable bonds is 9. The molecule has 0 atom stereocenters. The SMILES string of the molecule is CN=C(NCCCCCN1CCCCC1)N(C)Cc1cnn(-c2ccccc2)c1. The van der Waals surface area contributed by atoms with Crippen LogP contribution in [0.3, 0.4) is 0 Å². The van der Waals surface area contributed by atoms with E-state index in [1.807, 2.05) is 36.1 Å². The summed E-state index contributed by atoms with van der Waals surface area (Å²) < 4.78 is 1.92. The van der Waals surface area contributed by atoms with Crippen molar-refractivity contribution in [1.82, 2.24) is 24.9 Å². The van der Waals surface area contributed by atoms with Crippen LogP contribution >= 0.6 is 0 Å². The third kappa shape index (κ3) is 6.89. The van der Waals surface area contributed by atoms with Crippen molar-refractivity contribution in [2.24, 2.45) is 4.99 Å². The van der Waals surface area contributed by atoms with Gasteiger partial charge < -0.3 is 15.1 Å². The molecule has 0 radical (unpaired) electrons. The summed E-state index contributed by atoms with van der Waals surface area (Å²) in [6.07, 6.45) is 12.0. The Hall–Kier alpha value is -2.34. The largest absolute Gasteiger partial charge is 0.356 e. The van der Waals surface area contributed by atoms with Crippen LogP contribution in [-0.4, -0.2) is 65.8 Å². The van der Waals surface area contributed by atoms with E-state index in [0.717, 1.165) is 24.7 Å². The average molecular weight is 397 g/mol. The zero-order chi connectivity index (χ0) is 20.3. The second-order valence-corrected chi connectivity index (χ2v) is 7.92. The Bertz CT molecular complexity index is 733. The summed E-state index contributed by atoms with van der Waals surface area (Å²) in [6, 6.07) is 10.2. The van der Waals surface area contributed by atoms with E-state index >= 15 is 0 Å². The molecule has 29 heavy (non-hydrogen) atoms. The molecule has 0 aliphatic carbocycles. The first-order chi connectivity index (χ1) is 14.3. The Balaban J connectivity index is 1.36. The van der Waals surface area contributed by atoms with Crippen LogP contribution in [0, 0.1) is 0 Å². The number of piperidine rings is 1. The number of aromatic nitrogens is 2. The fourth-order valence-electron chi connectivity index (χ4n) is 3.92. The van der Waals surface area contributed by atoms with E-state index in [-0.39, 0.29) is 0 Å². The van der Waals surface area contributed by atoms with Gasteiger partial charge >= 0.3 is 0 Å². The highest BCUT2D eigenvalue weighted by Crippen LogP contribution is 2.11. The van der Waals surface area contributed by atoms with E-state index in [0.29, 0.717) is 0 Å². The highest BCUT2D eigenvalue weighted by atomic mass is 15.3. The molecule has 0 amide bonds. The smallest absolute Gasteiger partial charge is 0.193 e. The molecule has 1 N–H and O–H groups in total. The van der Waals surface area contributed by atoms with Gasteiger partial charge in [-0.3, -0.25) is 4.99 Å². The summed E-state index contributed by atoms with van der Waals surface area (Å²) in [6.45, 7) is 5.62. The van der Waals surface area contributed by atoms with Crippen LogP contribution < -0.4 is 5.32 Å². The summed E-state index contributed by atoms with van der Waals surface area (Å²) in [4.78, 5) is 9.21. The van der Waals surface area contributed by atoms with Gasteiger partial charge in [0, 0.05) is 38.9 Å². The van der Waals surface area contributed by atoms with Gasteiger partial charge in [-0.25, -0.2) is 4.68 Å². The van der Waals surface area contributed by atoms with Gasteiger partial charge in [0.05, 0.1) is 11.9 Å². The first kappa shape index (κ1) is 21.4. The summed E-state index contributed by atoms with van der Waals surface area (Å²) in [5.41, 5.74) is 2.24. The number of aliphatic imine (C=N–C) groups is 1. The van der Waals surface area contributed by atoms with Crippen molar-refractivity contribution in [3.8, 4) is 5.69 Å². The van der Waals surface area contributed by atoms with Gasteiger partial charge in [0.2, 0.25) is 0 Å². The van der Waals surface area contributed by atoms with Crippen LogP contribution in [0.25, 0.3) is 5.69 Å². The maximum atomic E-state index is 4.48. The lowest BCUT2D eigenvalue weighted by Crippen LogP contribution is -2.38. The Kier molecular flexibility index (Phi) is 8.56. The lowest BCUT2D eigenvalue weighted by molar-refractivity contribution is 0.224. The number of likely N-dealkylation sites (tertiary alicyclic amines) is 1.